The molecule has 3 heteroatoms. The van der Waals surface area contributed by atoms with Gasteiger partial charge in [-0.25, -0.2) is 0 Å². The highest BCUT2D eigenvalue weighted by molar-refractivity contribution is 5.49. The largest absolute Gasteiger partial charge is 0.303 e. The molecule has 3 nitrogen and oxygen atoms in total. The van der Waals surface area contributed by atoms with Crippen molar-refractivity contribution in [2.75, 3.05) is 0 Å². The first-order chi connectivity index (χ1) is 6.02. The SMILES string of the molecule is CC(CC=O)CCCC(C)(C)N=O. The first kappa shape index (κ1) is 12.3. The summed E-state index contributed by atoms with van der Waals surface area (Å²) in [6, 6.07) is 0. The summed E-state index contributed by atoms with van der Waals surface area (Å²) in [5.41, 5.74) is -0.444. The minimum atomic E-state index is -0.444. The molecule has 0 saturated carbocycles. The maximum Gasteiger partial charge on any atom is 0.120 e. The Kier molecular flexibility index (Phi) is 5.51. The molecule has 13 heavy (non-hydrogen) atoms. The highest BCUT2D eigenvalue weighted by Gasteiger charge is 2.17. The third kappa shape index (κ3) is 6.43. The second-order valence-corrected chi connectivity index (χ2v) is 4.30. The number of carbonyl (C=O) groups is 1. The summed E-state index contributed by atoms with van der Waals surface area (Å²) in [7, 11) is 0. The van der Waals surface area contributed by atoms with Gasteiger partial charge in [0.2, 0.25) is 0 Å². The Hall–Kier alpha value is -0.730. The first-order valence-electron chi connectivity index (χ1n) is 4.80. The summed E-state index contributed by atoms with van der Waals surface area (Å²) in [6.45, 7) is 5.73. The molecule has 0 saturated heterocycles. The predicted octanol–water partition coefficient (Wildman–Crippen LogP) is 2.93. The molecule has 0 aromatic rings. The zero-order valence-electron chi connectivity index (χ0n) is 8.75. The second-order valence-electron chi connectivity index (χ2n) is 4.30. The lowest BCUT2D eigenvalue weighted by Crippen LogP contribution is -2.15. The van der Waals surface area contributed by atoms with Crippen molar-refractivity contribution in [1.29, 1.82) is 0 Å². The molecule has 0 aliphatic carbocycles. The van der Waals surface area contributed by atoms with Gasteiger partial charge in [0.15, 0.2) is 0 Å². The van der Waals surface area contributed by atoms with Crippen molar-refractivity contribution in [3.8, 4) is 0 Å². The number of carbonyl (C=O) groups excluding carboxylic acids is 1. The van der Waals surface area contributed by atoms with Crippen LogP contribution in [0.2, 0.25) is 0 Å². The molecule has 0 rings (SSSR count). The third-order valence-electron chi connectivity index (χ3n) is 2.23. The van der Waals surface area contributed by atoms with Gasteiger partial charge in [0.25, 0.3) is 0 Å². The number of hydrogen-bond acceptors (Lipinski definition) is 3. The Labute approximate surface area is 79.9 Å². The van der Waals surface area contributed by atoms with Gasteiger partial charge in [-0.3, -0.25) is 0 Å². The van der Waals surface area contributed by atoms with Crippen molar-refractivity contribution in [2.45, 2.75) is 52.0 Å². The van der Waals surface area contributed by atoms with Crippen LogP contribution in [-0.2, 0) is 4.79 Å². The Balaban J connectivity index is 3.55. The molecule has 0 heterocycles. The van der Waals surface area contributed by atoms with Crippen LogP contribution in [0.15, 0.2) is 5.18 Å². The monoisotopic (exact) mass is 185 g/mol. The molecule has 0 spiro atoms. The molecule has 0 radical (unpaired) electrons. The van der Waals surface area contributed by atoms with E-state index in [0.29, 0.717) is 12.3 Å². The molecule has 0 bridgehead atoms. The molecule has 0 N–H and O–H groups in total. The second kappa shape index (κ2) is 5.84. The van der Waals surface area contributed by atoms with E-state index in [1.807, 2.05) is 13.8 Å². The van der Waals surface area contributed by atoms with Crippen molar-refractivity contribution in [3.05, 3.63) is 4.91 Å². The highest BCUT2D eigenvalue weighted by atomic mass is 16.3. The maximum absolute atomic E-state index is 10.3. The number of aldehydes is 1. The number of nitrogens with zero attached hydrogens (tertiary/aromatic N) is 1. The highest BCUT2D eigenvalue weighted by Crippen LogP contribution is 2.20. The van der Waals surface area contributed by atoms with E-state index in [4.69, 9.17) is 0 Å². The van der Waals surface area contributed by atoms with Gasteiger partial charge >= 0.3 is 0 Å². The Morgan fingerprint density at radius 1 is 1.46 bits per heavy atom. The lowest BCUT2D eigenvalue weighted by molar-refractivity contribution is -0.108. The average molecular weight is 185 g/mol. The fourth-order valence-electron chi connectivity index (χ4n) is 1.21. The number of rotatable bonds is 7. The third-order valence-corrected chi connectivity index (χ3v) is 2.23. The fourth-order valence-corrected chi connectivity index (χ4v) is 1.21. The summed E-state index contributed by atoms with van der Waals surface area (Å²) in [4.78, 5) is 20.5. The molecule has 76 valence electrons. The van der Waals surface area contributed by atoms with Gasteiger partial charge in [-0.2, -0.15) is 4.91 Å². The molecule has 0 fully saturated rings. The number of hydrogen-bond donors (Lipinski definition) is 0. The van der Waals surface area contributed by atoms with Crippen LogP contribution in [0.1, 0.15) is 46.5 Å². The first-order valence-corrected chi connectivity index (χ1v) is 4.80. The normalized spacial score (nSPS) is 13.8. The summed E-state index contributed by atoms with van der Waals surface area (Å²) in [6.07, 6.45) is 4.34. The van der Waals surface area contributed by atoms with Crippen LogP contribution in [0.4, 0.5) is 0 Å². The quantitative estimate of drug-likeness (QED) is 0.452. The van der Waals surface area contributed by atoms with E-state index in [9.17, 15) is 9.70 Å². The zero-order valence-corrected chi connectivity index (χ0v) is 8.75. The molecule has 0 amide bonds. The Morgan fingerprint density at radius 3 is 2.54 bits per heavy atom. The van der Waals surface area contributed by atoms with Crippen LogP contribution >= 0.6 is 0 Å². The van der Waals surface area contributed by atoms with E-state index in [0.717, 1.165) is 25.5 Å². The molecule has 0 aromatic carbocycles. The smallest absolute Gasteiger partial charge is 0.120 e. The van der Waals surface area contributed by atoms with E-state index in [-0.39, 0.29) is 0 Å². The molecular formula is C10H19NO2. The van der Waals surface area contributed by atoms with E-state index in [2.05, 4.69) is 12.1 Å². The Bertz CT molecular complexity index is 166. The van der Waals surface area contributed by atoms with Crippen LogP contribution in [0, 0.1) is 10.8 Å². The van der Waals surface area contributed by atoms with Crippen LogP contribution in [0.5, 0.6) is 0 Å². The van der Waals surface area contributed by atoms with Crippen LogP contribution in [-0.4, -0.2) is 11.8 Å². The van der Waals surface area contributed by atoms with E-state index >= 15 is 0 Å². The molecule has 0 aliphatic rings. The van der Waals surface area contributed by atoms with Crippen LogP contribution in [0.25, 0.3) is 0 Å². The van der Waals surface area contributed by atoms with Gasteiger partial charge < -0.3 is 4.79 Å². The van der Waals surface area contributed by atoms with E-state index in [1.165, 1.54) is 0 Å². The minimum Gasteiger partial charge on any atom is -0.303 e. The van der Waals surface area contributed by atoms with Gasteiger partial charge in [0.05, 0.1) is 5.54 Å². The summed E-state index contributed by atoms with van der Waals surface area (Å²) < 4.78 is 0. The van der Waals surface area contributed by atoms with Crippen LogP contribution in [0.3, 0.4) is 0 Å². The van der Waals surface area contributed by atoms with Crippen molar-refractivity contribution < 1.29 is 4.79 Å². The van der Waals surface area contributed by atoms with Gasteiger partial charge in [-0.1, -0.05) is 24.9 Å². The Morgan fingerprint density at radius 2 is 2.08 bits per heavy atom. The minimum absolute atomic E-state index is 0.431. The van der Waals surface area contributed by atoms with E-state index in [1.54, 1.807) is 0 Å². The molecule has 1 atom stereocenters. The summed E-state index contributed by atoms with van der Waals surface area (Å²) >= 11 is 0. The van der Waals surface area contributed by atoms with Crippen molar-refractivity contribution in [3.63, 3.8) is 0 Å². The average Bonchev–Trinajstić information content (AvgIpc) is 2.05. The molecule has 1 unspecified atom stereocenters. The summed E-state index contributed by atoms with van der Waals surface area (Å²) in [5, 5.41) is 3.04. The van der Waals surface area contributed by atoms with Gasteiger partial charge in [0, 0.05) is 6.42 Å². The van der Waals surface area contributed by atoms with Gasteiger partial charge in [-0.05, 0) is 26.2 Å². The van der Waals surface area contributed by atoms with E-state index < -0.39 is 5.54 Å². The zero-order chi connectivity index (χ0) is 10.3. The lowest BCUT2D eigenvalue weighted by atomic mass is 9.94. The lowest BCUT2D eigenvalue weighted by Gasteiger charge is -2.15. The van der Waals surface area contributed by atoms with Gasteiger partial charge in [0.1, 0.15) is 6.29 Å². The van der Waals surface area contributed by atoms with Gasteiger partial charge in [-0.15, -0.1) is 0 Å². The van der Waals surface area contributed by atoms with Crippen molar-refractivity contribution in [2.24, 2.45) is 11.1 Å². The molecule has 0 aromatic heterocycles. The van der Waals surface area contributed by atoms with Crippen molar-refractivity contribution >= 4 is 6.29 Å². The summed E-state index contributed by atoms with van der Waals surface area (Å²) in [5.74, 6) is 0.431. The van der Waals surface area contributed by atoms with Crippen LogP contribution < -0.4 is 0 Å². The van der Waals surface area contributed by atoms with Crippen molar-refractivity contribution in [1.82, 2.24) is 0 Å². The fraction of sp³-hybridized carbons (Fsp3) is 0.900. The standard InChI is InChI=1S/C10H19NO2/c1-9(6-8-12)5-4-7-10(2,3)11-13/h8-9H,4-7H2,1-3H3. The predicted molar refractivity (Wildman–Crippen MR) is 53.6 cm³/mol. The molecule has 0 aliphatic heterocycles. The molecular weight excluding hydrogens is 166 g/mol. The number of nitroso groups, excluding NO2 is 1. The maximum atomic E-state index is 10.3. The topological polar surface area (TPSA) is 46.5 Å².